The molecule has 0 saturated heterocycles. The lowest BCUT2D eigenvalue weighted by Gasteiger charge is -2.19. The van der Waals surface area contributed by atoms with Gasteiger partial charge in [-0.1, -0.05) is 0 Å². The molecule has 1 aromatic carbocycles. The molecule has 4 rings (SSSR count). The number of rotatable bonds is 3. The average molecular weight is 377 g/mol. The Balaban J connectivity index is 0.00000196. The summed E-state index contributed by atoms with van der Waals surface area (Å²) in [6, 6.07) is 7.25. The lowest BCUT2D eigenvalue weighted by Crippen LogP contribution is -2.28. The van der Waals surface area contributed by atoms with Gasteiger partial charge in [0, 0.05) is 18.7 Å². The van der Waals surface area contributed by atoms with Crippen LogP contribution in [0.5, 0.6) is 0 Å². The highest BCUT2D eigenvalue weighted by molar-refractivity contribution is 6.03. The molecule has 138 valence electrons. The van der Waals surface area contributed by atoms with Crippen LogP contribution in [0.15, 0.2) is 24.3 Å². The summed E-state index contributed by atoms with van der Waals surface area (Å²) in [6.07, 6.45) is 1.05. The van der Waals surface area contributed by atoms with Crippen molar-refractivity contribution in [2.75, 3.05) is 23.7 Å². The third-order valence-electron chi connectivity index (χ3n) is 4.37. The number of hydrogen-bond acceptors (Lipinski definition) is 5. The maximum absolute atomic E-state index is 12.4. The molecule has 2 aromatic rings. The molecule has 26 heavy (non-hydrogen) atoms. The lowest BCUT2D eigenvalue weighted by atomic mass is 10.1. The number of hydrogen-bond donors (Lipinski definition) is 4. The van der Waals surface area contributed by atoms with Gasteiger partial charge in [0.05, 0.1) is 35.9 Å². The van der Waals surface area contributed by atoms with E-state index in [9.17, 15) is 9.59 Å². The first-order chi connectivity index (χ1) is 12.2. The van der Waals surface area contributed by atoms with Crippen LogP contribution in [0.4, 0.5) is 11.4 Å². The van der Waals surface area contributed by atoms with Crippen LogP contribution in [0, 0.1) is 0 Å². The summed E-state index contributed by atoms with van der Waals surface area (Å²) in [6.45, 7) is 3.32. The van der Waals surface area contributed by atoms with Gasteiger partial charge in [-0.25, -0.2) is 0 Å². The van der Waals surface area contributed by atoms with Crippen LogP contribution in [0.2, 0.25) is 0 Å². The summed E-state index contributed by atoms with van der Waals surface area (Å²) < 4.78 is 2.00. The smallest absolute Gasteiger partial charge is 0.251 e. The van der Waals surface area contributed by atoms with Crippen molar-refractivity contribution in [1.29, 1.82) is 0 Å². The first-order valence-corrected chi connectivity index (χ1v) is 8.41. The molecule has 1 aromatic heterocycles. The Bertz CT molecular complexity index is 811. The van der Waals surface area contributed by atoms with Gasteiger partial charge in [0.25, 0.3) is 5.91 Å². The number of halogens is 1. The highest BCUT2D eigenvalue weighted by Gasteiger charge is 2.17. The number of amides is 2. The Kier molecular flexibility index (Phi) is 5.43. The second-order valence-corrected chi connectivity index (χ2v) is 6.23. The predicted octanol–water partition coefficient (Wildman–Crippen LogP) is 1.09. The number of carbonyl (C=O) groups excluding carboxylic acids is 2. The van der Waals surface area contributed by atoms with Crippen molar-refractivity contribution in [2.45, 2.75) is 26.1 Å². The molecule has 2 amide bonds. The molecule has 0 radical (unpaired) electrons. The zero-order chi connectivity index (χ0) is 17.2. The zero-order valence-electron chi connectivity index (χ0n) is 14.2. The number of nitrogens with one attached hydrogen (secondary N) is 4. The third kappa shape index (κ3) is 3.81. The molecule has 4 N–H and O–H groups in total. The van der Waals surface area contributed by atoms with Crippen molar-refractivity contribution in [3.8, 4) is 0 Å². The molecule has 0 saturated carbocycles. The molecule has 0 fully saturated rings. The SMILES string of the molecule is Cl.O=C1CNc2ccc(C(=O)NCc3cc4n(n3)CCCNC4)cc2N1. The fourth-order valence-electron chi connectivity index (χ4n) is 3.09. The highest BCUT2D eigenvalue weighted by atomic mass is 35.5. The largest absolute Gasteiger partial charge is 0.374 e. The van der Waals surface area contributed by atoms with Gasteiger partial charge in [-0.05, 0) is 37.2 Å². The quantitative estimate of drug-likeness (QED) is 0.642. The van der Waals surface area contributed by atoms with Crippen molar-refractivity contribution in [1.82, 2.24) is 20.4 Å². The number of carbonyl (C=O) groups is 2. The van der Waals surface area contributed by atoms with Crippen LogP contribution in [-0.2, 0) is 24.4 Å². The first-order valence-electron chi connectivity index (χ1n) is 8.41. The van der Waals surface area contributed by atoms with Gasteiger partial charge < -0.3 is 21.3 Å². The number of nitrogens with zero attached hydrogens (tertiary/aromatic N) is 2. The summed E-state index contributed by atoms with van der Waals surface area (Å²) >= 11 is 0. The average Bonchev–Trinajstić information content (AvgIpc) is 2.88. The second kappa shape index (κ2) is 7.76. The Morgan fingerprint density at radius 2 is 2.12 bits per heavy atom. The highest BCUT2D eigenvalue weighted by Crippen LogP contribution is 2.25. The topological polar surface area (TPSA) is 100 Å². The number of fused-ring (bicyclic) bond motifs is 2. The van der Waals surface area contributed by atoms with E-state index in [1.165, 1.54) is 0 Å². The number of benzene rings is 1. The van der Waals surface area contributed by atoms with Gasteiger partial charge in [0.15, 0.2) is 0 Å². The van der Waals surface area contributed by atoms with Crippen LogP contribution in [0.25, 0.3) is 0 Å². The minimum atomic E-state index is -0.191. The lowest BCUT2D eigenvalue weighted by molar-refractivity contribution is -0.114. The van der Waals surface area contributed by atoms with E-state index in [0.29, 0.717) is 17.8 Å². The Labute approximate surface area is 157 Å². The summed E-state index contributed by atoms with van der Waals surface area (Å²) in [5.41, 5.74) is 3.94. The van der Waals surface area contributed by atoms with Crippen molar-refractivity contribution in [3.05, 3.63) is 41.2 Å². The minimum Gasteiger partial charge on any atom is -0.374 e. The van der Waals surface area contributed by atoms with E-state index in [4.69, 9.17) is 0 Å². The van der Waals surface area contributed by atoms with E-state index in [-0.39, 0.29) is 30.8 Å². The Morgan fingerprint density at radius 3 is 3.00 bits per heavy atom. The normalized spacial score (nSPS) is 15.5. The monoisotopic (exact) mass is 376 g/mol. The van der Waals surface area contributed by atoms with E-state index in [2.05, 4.69) is 26.4 Å². The molecule has 0 unspecified atom stereocenters. The fourth-order valence-corrected chi connectivity index (χ4v) is 3.09. The van der Waals surface area contributed by atoms with E-state index >= 15 is 0 Å². The molecular weight excluding hydrogens is 356 g/mol. The molecule has 0 bridgehead atoms. The van der Waals surface area contributed by atoms with Crippen LogP contribution in [0.3, 0.4) is 0 Å². The molecule has 0 aliphatic carbocycles. The van der Waals surface area contributed by atoms with Crippen molar-refractivity contribution in [2.24, 2.45) is 0 Å². The van der Waals surface area contributed by atoms with E-state index < -0.39 is 0 Å². The molecular formula is C17H21ClN6O2. The molecule has 3 heterocycles. The molecule has 8 nitrogen and oxygen atoms in total. The standard InChI is InChI=1S/C17H20N6O2.ClH/c24-16-10-19-14-3-2-11(6-15(14)21-16)17(25)20-8-12-7-13-9-18-4-1-5-23(13)22-12;/h2-3,6-7,18-19H,1,4-5,8-10H2,(H,20,25)(H,21,24);1H. The van der Waals surface area contributed by atoms with Crippen molar-refractivity contribution < 1.29 is 9.59 Å². The predicted molar refractivity (Wildman–Crippen MR) is 101 cm³/mol. The maximum Gasteiger partial charge on any atom is 0.251 e. The number of aromatic nitrogens is 2. The summed E-state index contributed by atoms with van der Waals surface area (Å²) in [5.74, 6) is -0.304. The van der Waals surface area contributed by atoms with Crippen LogP contribution in [0.1, 0.15) is 28.2 Å². The first kappa shape index (κ1) is 18.2. The number of aryl methyl sites for hydroxylation is 1. The molecule has 0 atom stereocenters. The van der Waals surface area contributed by atoms with Crippen molar-refractivity contribution in [3.63, 3.8) is 0 Å². The molecule has 2 aliphatic rings. The van der Waals surface area contributed by atoms with Gasteiger partial charge in [0.2, 0.25) is 5.91 Å². The van der Waals surface area contributed by atoms with Gasteiger partial charge in [0.1, 0.15) is 0 Å². The van der Waals surface area contributed by atoms with E-state index in [1.54, 1.807) is 18.2 Å². The zero-order valence-corrected chi connectivity index (χ0v) is 15.0. The van der Waals surface area contributed by atoms with E-state index in [1.807, 2.05) is 10.7 Å². The van der Waals surface area contributed by atoms with Gasteiger partial charge in [-0.15, -0.1) is 12.4 Å². The van der Waals surface area contributed by atoms with Gasteiger partial charge >= 0.3 is 0 Å². The minimum absolute atomic E-state index is 0. The Morgan fingerprint density at radius 1 is 1.23 bits per heavy atom. The summed E-state index contributed by atoms with van der Waals surface area (Å²) in [5, 5.41) is 16.6. The second-order valence-electron chi connectivity index (χ2n) is 6.23. The Hall–Kier alpha value is -2.58. The summed E-state index contributed by atoms with van der Waals surface area (Å²) in [7, 11) is 0. The van der Waals surface area contributed by atoms with Gasteiger partial charge in [-0.3, -0.25) is 14.3 Å². The van der Waals surface area contributed by atoms with Gasteiger partial charge in [-0.2, -0.15) is 5.10 Å². The third-order valence-corrected chi connectivity index (χ3v) is 4.37. The molecule has 2 aliphatic heterocycles. The van der Waals surface area contributed by atoms with Crippen molar-refractivity contribution >= 4 is 35.6 Å². The van der Waals surface area contributed by atoms with Crippen LogP contribution in [-0.4, -0.2) is 34.7 Å². The fraction of sp³-hybridized carbons (Fsp3) is 0.353. The molecule has 0 spiro atoms. The van der Waals surface area contributed by atoms with Crippen LogP contribution < -0.4 is 21.3 Å². The van der Waals surface area contributed by atoms with E-state index in [0.717, 1.165) is 43.1 Å². The maximum atomic E-state index is 12.4. The van der Waals surface area contributed by atoms with Crippen LogP contribution >= 0.6 is 12.4 Å². The number of anilines is 2. The summed E-state index contributed by atoms with van der Waals surface area (Å²) in [4.78, 5) is 23.8. The molecule has 9 heteroatoms.